The molecule has 10 nitrogen and oxygen atoms in total. The first-order valence-corrected chi connectivity index (χ1v) is 0.767. The second-order valence-corrected chi connectivity index (χ2v) is 0. The molecule has 0 unspecified atom stereocenters. The van der Waals surface area contributed by atoms with Crippen molar-refractivity contribution in [1.82, 2.24) is 0 Å². The van der Waals surface area contributed by atoms with Crippen LogP contribution in [0.5, 0.6) is 0 Å². The van der Waals surface area contributed by atoms with Crippen molar-refractivity contribution in [3.8, 4) is 0 Å². The van der Waals surface area contributed by atoms with Crippen LogP contribution in [-0.2, 0) is 37.1 Å². The third-order valence-corrected chi connectivity index (χ3v) is 0. The molecule has 2 radical (unpaired) electrons. The first-order chi connectivity index (χ1) is 4.00. The Labute approximate surface area is 97.2 Å². The van der Waals surface area contributed by atoms with E-state index in [1.165, 1.54) is 0 Å². The van der Waals surface area contributed by atoms with Crippen LogP contribution in [0.25, 0.3) is 0 Å². The quantitative estimate of drug-likeness (QED) is 0.241. The Hall–Kier alpha value is 0.449. The standard InChI is InChI=1S/CH4.3H2O2.O2.2H2O.2V/c;4*1-2;;;;/h1H4;3*1-2H;;2*1H2;;. The summed E-state index contributed by atoms with van der Waals surface area (Å²) in [5.74, 6) is 0. The zero-order valence-corrected chi connectivity index (χ0v) is 8.19. The summed E-state index contributed by atoms with van der Waals surface area (Å²) in [6.45, 7) is 0. The van der Waals surface area contributed by atoms with Crippen molar-refractivity contribution in [2.45, 2.75) is 7.43 Å². The van der Waals surface area contributed by atoms with Crippen LogP contribution in [0.1, 0.15) is 7.43 Å². The van der Waals surface area contributed by atoms with Gasteiger partial charge in [0.05, 0.1) is 0 Å². The van der Waals surface area contributed by atoms with Gasteiger partial charge in [-0.1, -0.05) is 7.43 Å². The fraction of sp³-hybridized carbons (Fsp3) is 1.00. The van der Waals surface area contributed by atoms with Crippen LogP contribution >= 0.6 is 0 Å². The summed E-state index contributed by atoms with van der Waals surface area (Å²) in [5, 5.41) is 36.0. The number of rotatable bonds is 0. The summed E-state index contributed by atoms with van der Waals surface area (Å²) in [6.07, 6.45) is 0. The monoisotopic (exact) mass is 288 g/mol. The number of hydrogen-bond acceptors (Lipinski definition) is 8. The maximum absolute atomic E-state index is 7.00. The average molecular weight is 288 g/mol. The van der Waals surface area contributed by atoms with Gasteiger partial charge in [0.15, 0.2) is 0 Å². The Morgan fingerprint density at radius 3 is 0.538 bits per heavy atom. The summed E-state index contributed by atoms with van der Waals surface area (Å²) in [4.78, 5) is 14.0. The summed E-state index contributed by atoms with van der Waals surface area (Å²) in [7, 11) is 0. The molecule has 0 amide bonds. The van der Waals surface area contributed by atoms with Crippen LogP contribution in [0.2, 0.25) is 0 Å². The van der Waals surface area contributed by atoms with E-state index in [4.69, 9.17) is 41.5 Å². The molecule has 0 saturated carbocycles. The molecule has 0 aliphatic rings. The van der Waals surface area contributed by atoms with Crippen LogP contribution in [-0.4, -0.2) is 42.5 Å². The first kappa shape index (κ1) is 105. The smallest absolute Gasteiger partial charge is 0 e. The minimum Gasteiger partial charge on any atom is -0.412 e. The van der Waals surface area contributed by atoms with E-state index in [-0.39, 0.29) is 55.5 Å². The van der Waals surface area contributed by atoms with Gasteiger partial charge in [-0.05, 0) is 0 Å². The van der Waals surface area contributed by atoms with E-state index in [0.717, 1.165) is 0 Å². The summed E-state index contributed by atoms with van der Waals surface area (Å²) in [5.41, 5.74) is 0. The van der Waals surface area contributed by atoms with Crippen molar-refractivity contribution in [1.29, 1.82) is 0 Å². The van der Waals surface area contributed by atoms with Crippen LogP contribution in [0.3, 0.4) is 0 Å². The molecule has 0 heterocycles. The van der Waals surface area contributed by atoms with E-state index in [1.807, 2.05) is 0 Å². The van der Waals surface area contributed by atoms with Crippen LogP contribution < -0.4 is 0 Å². The van der Waals surface area contributed by atoms with Crippen molar-refractivity contribution in [3.63, 3.8) is 0 Å². The van der Waals surface area contributed by atoms with Gasteiger partial charge in [-0.25, -0.2) is 0 Å². The van der Waals surface area contributed by atoms with Crippen LogP contribution in [0.4, 0.5) is 0 Å². The van der Waals surface area contributed by atoms with Crippen molar-refractivity contribution in [2.75, 3.05) is 0 Å². The van der Waals surface area contributed by atoms with E-state index in [9.17, 15) is 0 Å². The minimum absolute atomic E-state index is 0. The maximum atomic E-state index is 7.00. The van der Waals surface area contributed by atoms with Crippen LogP contribution in [0, 0.1) is 9.93 Å². The molecule has 0 bridgehead atoms. The normalized spacial score (nSPS) is 1.69. The summed E-state index contributed by atoms with van der Waals surface area (Å²) >= 11 is 0. The van der Waals surface area contributed by atoms with Crippen molar-refractivity contribution in [3.05, 3.63) is 9.93 Å². The van der Waals surface area contributed by atoms with Gasteiger partial charge in [0, 0.05) is 47.0 Å². The third-order valence-electron chi connectivity index (χ3n) is 0. The molecule has 0 aliphatic heterocycles. The molecule has 0 aromatic heterocycles. The largest absolute Gasteiger partial charge is 0.412 e. The Morgan fingerprint density at radius 1 is 0.538 bits per heavy atom. The first-order valence-electron chi connectivity index (χ1n) is 0.767. The van der Waals surface area contributed by atoms with Gasteiger partial charge in [0.25, 0.3) is 0 Å². The fourth-order valence-electron chi connectivity index (χ4n) is 0. The summed E-state index contributed by atoms with van der Waals surface area (Å²) in [6, 6.07) is 0. The predicted molar refractivity (Wildman–Crippen MR) is 36.5 cm³/mol. The van der Waals surface area contributed by atoms with Crippen molar-refractivity contribution in [2.24, 2.45) is 0 Å². The van der Waals surface area contributed by atoms with E-state index in [2.05, 4.69) is 0 Å². The molecule has 13 heavy (non-hydrogen) atoms. The van der Waals surface area contributed by atoms with Gasteiger partial charge in [-0.2, -0.15) is 0 Å². The molecule has 12 heteroatoms. The van der Waals surface area contributed by atoms with Gasteiger partial charge in [-0.3, -0.25) is 31.5 Å². The molecule has 0 aromatic carbocycles. The fourth-order valence-corrected chi connectivity index (χ4v) is 0. The van der Waals surface area contributed by atoms with Crippen LogP contribution in [0.15, 0.2) is 0 Å². The molecule has 88 valence electrons. The Morgan fingerprint density at radius 2 is 0.538 bits per heavy atom. The van der Waals surface area contributed by atoms with E-state index in [1.54, 1.807) is 0 Å². The van der Waals surface area contributed by atoms with Gasteiger partial charge in [0.1, 0.15) is 0 Å². The van der Waals surface area contributed by atoms with E-state index >= 15 is 0 Å². The Balaban J connectivity index is -0.00000000208. The predicted octanol–water partition coefficient (Wildman–Crippen LogP) is -0.899. The molecule has 0 fully saturated rings. The van der Waals surface area contributed by atoms with E-state index < -0.39 is 0 Å². The molecule has 0 spiro atoms. The SMILES string of the molecule is C.O.O.O=O.OO.OO.OO.[V].[V]. The zero-order chi connectivity index (χ0) is 8.00. The second kappa shape index (κ2) is 8100. The zero-order valence-electron chi connectivity index (χ0n) is 5.39. The van der Waals surface area contributed by atoms with E-state index in [0.29, 0.717) is 0 Å². The summed E-state index contributed by atoms with van der Waals surface area (Å²) < 4.78 is 0. The average Bonchev–Trinajstić information content (AvgIpc) is 2.03. The van der Waals surface area contributed by atoms with Gasteiger partial charge < -0.3 is 11.0 Å². The maximum Gasteiger partial charge on any atom is 0 e. The van der Waals surface area contributed by atoms with Crippen molar-refractivity contribution < 1.29 is 79.6 Å². The molecule has 0 saturated heterocycles. The second-order valence-electron chi connectivity index (χ2n) is 0. The molecule has 10 N–H and O–H groups in total. The van der Waals surface area contributed by atoms with Gasteiger partial charge in [-0.15, -0.1) is 0 Å². The van der Waals surface area contributed by atoms with Crippen molar-refractivity contribution >= 4 is 0 Å². The van der Waals surface area contributed by atoms with Gasteiger partial charge in [0.2, 0.25) is 0 Å². The Kier molecular flexibility index (Phi) is 65600. The molecule has 0 rings (SSSR count). The Bertz CT molecular complexity index is 12.9. The molecule has 0 atom stereocenters. The molecule has 0 aromatic rings. The molecular formula is CH14O10V2. The number of hydrogen-bond donors (Lipinski definition) is 6. The third kappa shape index (κ3) is 6750. The topological polar surface area (TPSA) is 219 Å². The molecule has 0 aliphatic carbocycles. The van der Waals surface area contributed by atoms with Gasteiger partial charge >= 0.3 is 0 Å². The molecular weight excluding hydrogens is 274 g/mol. The minimum atomic E-state index is 0.